The van der Waals surface area contributed by atoms with Crippen molar-refractivity contribution in [3.8, 4) is 23.5 Å². The standard InChI is InChI=1S/C26H22F3N3O5/c1-24-11-18(31-23(35)36-13-14-6-4-3-5-7-14)25(2,37-24)20-19(24)21(33)32(22(20)34)16-9-8-15(12-30)17(10-16)26(27,28)29/h3-10,18,33-34H,11,13H2,1-2H3,(H,31,35)/t18-,24-,25+/m1/s1. The van der Waals surface area contributed by atoms with Crippen molar-refractivity contribution in [3.63, 3.8) is 0 Å². The maximum absolute atomic E-state index is 13.5. The van der Waals surface area contributed by atoms with Crippen LogP contribution in [0.1, 0.15) is 48.1 Å². The van der Waals surface area contributed by atoms with E-state index in [-0.39, 0.29) is 29.8 Å². The average Bonchev–Trinajstić information content (AvgIpc) is 3.37. The summed E-state index contributed by atoms with van der Waals surface area (Å²) in [5.41, 5.74) is -3.24. The lowest BCUT2D eigenvalue weighted by Gasteiger charge is -2.30. The van der Waals surface area contributed by atoms with Crippen molar-refractivity contribution < 1.29 is 37.7 Å². The van der Waals surface area contributed by atoms with Gasteiger partial charge in [0.05, 0.1) is 45.7 Å². The molecule has 5 rings (SSSR count). The molecule has 0 aliphatic carbocycles. The van der Waals surface area contributed by atoms with Gasteiger partial charge in [0.2, 0.25) is 11.8 Å². The first-order valence-electron chi connectivity index (χ1n) is 11.4. The summed E-state index contributed by atoms with van der Waals surface area (Å²) in [5, 5.41) is 34.0. The molecule has 3 aromatic rings. The van der Waals surface area contributed by atoms with Crippen molar-refractivity contribution in [3.05, 3.63) is 76.3 Å². The monoisotopic (exact) mass is 513 g/mol. The number of rotatable bonds is 4. The van der Waals surface area contributed by atoms with E-state index in [0.717, 1.165) is 16.2 Å². The van der Waals surface area contributed by atoms with Crippen molar-refractivity contribution in [2.75, 3.05) is 0 Å². The molecule has 2 bridgehead atoms. The fourth-order valence-corrected chi connectivity index (χ4v) is 5.41. The fraction of sp³-hybridized carbons (Fsp3) is 0.308. The third-order valence-electron chi connectivity index (χ3n) is 7.03. The van der Waals surface area contributed by atoms with Gasteiger partial charge in [0.1, 0.15) is 12.2 Å². The Morgan fingerprint density at radius 1 is 1.19 bits per heavy atom. The summed E-state index contributed by atoms with van der Waals surface area (Å²) in [4.78, 5) is 12.5. The highest BCUT2D eigenvalue weighted by Gasteiger charge is 2.65. The Kier molecular flexibility index (Phi) is 5.42. The van der Waals surface area contributed by atoms with Crippen LogP contribution in [0, 0.1) is 11.3 Å². The van der Waals surface area contributed by atoms with Gasteiger partial charge in [0.25, 0.3) is 0 Å². The van der Waals surface area contributed by atoms with Crippen LogP contribution in [0.25, 0.3) is 5.69 Å². The van der Waals surface area contributed by atoms with E-state index in [2.05, 4.69) is 5.32 Å². The number of alkyl carbamates (subject to hydrolysis) is 1. The van der Waals surface area contributed by atoms with Crippen molar-refractivity contribution in [2.45, 2.75) is 50.3 Å². The normalized spacial score (nSPS) is 23.9. The molecule has 3 heterocycles. The highest BCUT2D eigenvalue weighted by atomic mass is 19.4. The molecule has 2 aliphatic rings. The number of nitriles is 1. The highest BCUT2D eigenvalue weighted by molar-refractivity contribution is 5.69. The molecule has 1 aromatic heterocycles. The first-order chi connectivity index (χ1) is 17.4. The van der Waals surface area contributed by atoms with Gasteiger partial charge >= 0.3 is 12.3 Å². The number of amides is 1. The van der Waals surface area contributed by atoms with Crippen molar-refractivity contribution >= 4 is 6.09 Å². The molecule has 3 N–H and O–H groups in total. The molecule has 37 heavy (non-hydrogen) atoms. The topological polar surface area (TPSA) is 117 Å². The Balaban J connectivity index is 1.48. The van der Waals surface area contributed by atoms with E-state index in [9.17, 15) is 28.2 Å². The quantitative estimate of drug-likeness (QED) is 0.455. The number of carbonyl (C=O) groups is 1. The number of ether oxygens (including phenoxy) is 2. The van der Waals surface area contributed by atoms with E-state index in [1.54, 1.807) is 26.0 Å². The number of carbonyl (C=O) groups excluding carboxylic acids is 1. The number of aromatic hydroxyl groups is 2. The zero-order chi connectivity index (χ0) is 26.8. The Morgan fingerprint density at radius 3 is 2.51 bits per heavy atom. The Hall–Kier alpha value is -4.17. The molecule has 1 fully saturated rings. The highest BCUT2D eigenvalue weighted by Crippen LogP contribution is 2.64. The SMILES string of the molecule is C[C@]12C[C@@H](NC(=O)OCc3ccccc3)[C@](C)(O1)c1c2c(O)n(-c2ccc(C#N)c(C(F)(F)F)c2)c1O. The number of fused-ring (bicyclic) bond motifs is 5. The van der Waals surface area contributed by atoms with Crippen LogP contribution in [0.4, 0.5) is 18.0 Å². The number of nitrogens with one attached hydrogen (secondary N) is 1. The van der Waals surface area contributed by atoms with Gasteiger partial charge in [-0.25, -0.2) is 4.79 Å². The number of alkyl halides is 3. The molecule has 1 amide bonds. The van der Waals surface area contributed by atoms with Crippen LogP contribution in [-0.4, -0.2) is 26.9 Å². The van der Waals surface area contributed by atoms with Crippen molar-refractivity contribution in [2.24, 2.45) is 0 Å². The van der Waals surface area contributed by atoms with Gasteiger partial charge in [-0.15, -0.1) is 0 Å². The molecule has 8 nitrogen and oxygen atoms in total. The van der Waals surface area contributed by atoms with Crippen LogP contribution >= 0.6 is 0 Å². The predicted octanol–water partition coefficient (Wildman–Crippen LogP) is 4.94. The van der Waals surface area contributed by atoms with Crippen LogP contribution in [-0.2, 0) is 33.5 Å². The van der Waals surface area contributed by atoms with Gasteiger partial charge in [0, 0.05) is 6.42 Å². The lowest BCUT2D eigenvalue weighted by Crippen LogP contribution is -2.47. The van der Waals surface area contributed by atoms with E-state index in [1.807, 2.05) is 18.2 Å². The smallest absolute Gasteiger partial charge is 0.417 e. The second-order valence-electron chi connectivity index (χ2n) is 9.47. The van der Waals surface area contributed by atoms with Crippen molar-refractivity contribution in [1.82, 2.24) is 9.88 Å². The largest absolute Gasteiger partial charge is 0.494 e. The third-order valence-corrected chi connectivity index (χ3v) is 7.03. The average molecular weight is 513 g/mol. The third kappa shape index (κ3) is 3.76. The number of aromatic nitrogens is 1. The zero-order valence-electron chi connectivity index (χ0n) is 19.8. The van der Waals surface area contributed by atoms with Gasteiger partial charge in [-0.1, -0.05) is 30.3 Å². The van der Waals surface area contributed by atoms with Crippen LogP contribution in [0.3, 0.4) is 0 Å². The summed E-state index contributed by atoms with van der Waals surface area (Å²) < 4.78 is 53.0. The van der Waals surface area contributed by atoms with Gasteiger partial charge in [0.15, 0.2) is 0 Å². The number of halogens is 3. The lowest BCUT2D eigenvalue weighted by atomic mass is 9.76. The van der Waals surface area contributed by atoms with Crippen LogP contribution in [0.15, 0.2) is 48.5 Å². The van der Waals surface area contributed by atoms with E-state index in [1.165, 1.54) is 12.1 Å². The minimum absolute atomic E-state index is 0.0438. The zero-order valence-corrected chi connectivity index (χ0v) is 19.8. The molecule has 1 saturated heterocycles. The maximum atomic E-state index is 13.5. The Morgan fingerprint density at radius 2 is 1.86 bits per heavy atom. The maximum Gasteiger partial charge on any atom is 0.417 e. The summed E-state index contributed by atoms with van der Waals surface area (Å²) in [6.07, 6.45) is -5.31. The van der Waals surface area contributed by atoms with Crippen molar-refractivity contribution in [1.29, 1.82) is 5.26 Å². The molecular formula is C26H22F3N3O5. The van der Waals surface area contributed by atoms with Gasteiger partial charge < -0.3 is 25.0 Å². The predicted molar refractivity (Wildman–Crippen MR) is 123 cm³/mol. The molecule has 0 saturated carbocycles. The molecule has 3 atom stereocenters. The van der Waals surface area contributed by atoms with Crippen LogP contribution in [0.2, 0.25) is 0 Å². The van der Waals surface area contributed by atoms with Gasteiger partial charge in [-0.2, -0.15) is 18.4 Å². The summed E-state index contributed by atoms with van der Waals surface area (Å²) in [6.45, 7) is 3.33. The molecule has 192 valence electrons. The molecular weight excluding hydrogens is 491 g/mol. The Labute approximate surface area is 209 Å². The first-order valence-corrected chi connectivity index (χ1v) is 11.4. The van der Waals surface area contributed by atoms with E-state index >= 15 is 0 Å². The molecule has 2 aliphatic heterocycles. The number of hydrogen-bond acceptors (Lipinski definition) is 6. The number of nitrogens with zero attached hydrogens (tertiary/aromatic N) is 2. The summed E-state index contributed by atoms with van der Waals surface area (Å²) in [5.74, 6) is -1.01. The summed E-state index contributed by atoms with van der Waals surface area (Å²) >= 11 is 0. The van der Waals surface area contributed by atoms with Gasteiger partial charge in [-0.05, 0) is 37.6 Å². The minimum Gasteiger partial charge on any atom is -0.494 e. The van der Waals surface area contributed by atoms with Crippen LogP contribution < -0.4 is 5.32 Å². The van der Waals surface area contributed by atoms with Gasteiger partial charge in [-0.3, -0.25) is 4.57 Å². The fourth-order valence-electron chi connectivity index (χ4n) is 5.41. The molecule has 0 spiro atoms. The first kappa shape index (κ1) is 24.5. The van der Waals surface area contributed by atoms with E-state index in [4.69, 9.17) is 14.7 Å². The summed E-state index contributed by atoms with van der Waals surface area (Å²) in [7, 11) is 0. The second kappa shape index (κ2) is 8.18. The molecule has 0 unspecified atom stereocenters. The minimum atomic E-state index is -4.82. The molecule has 0 radical (unpaired) electrons. The van der Waals surface area contributed by atoms with E-state index in [0.29, 0.717) is 6.07 Å². The Bertz CT molecular complexity index is 1450. The number of hydrogen-bond donors (Lipinski definition) is 3. The lowest BCUT2D eigenvalue weighted by molar-refractivity contribution is -0.137. The van der Waals surface area contributed by atoms with Crippen LogP contribution in [0.5, 0.6) is 11.8 Å². The number of benzene rings is 2. The molecule has 11 heteroatoms. The second-order valence-corrected chi connectivity index (χ2v) is 9.47. The summed E-state index contributed by atoms with van der Waals surface area (Å²) in [6, 6.07) is 12.8. The molecule has 2 aromatic carbocycles. The van der Waals surface area contributed by atoms with E-state index < -0.39 is 52.4 Å².